The highest BCUT2D eigenvalue weighted by molar-refractivity contribution is 6.30. The predicted octanol–water partition coefficient (Wildman–Crippen LogP) is 2.99. The van der Waals surface area contributed by atoms with Gasteiger partial charge in [0, 0.05) is 17.2 Å². The minimum Gasteiger partial charge on any atom is -0.381 e. The summed E-state index contributed by atoms with van der Waals surface area (Å²) in [6.07, 6.45) is 1.76. The first-order valence-electron chi connectivity index (χ1n) is 7.61. The summed E-state index contributed by atoms with van der Waals surface area (Å²) < 4.78 is 10.6. The molecule has 1 fully saturated rings. The van der Waals surface area contributed by atoms with Crippen molar-refractivity contribution in [3.63, 3.8) is 0 Å². The molecule has 1 amide bonds. The molecule has 0 aliphatic carbocycles. The normalized spacial score (nSPS) is 19.3. The van der Waals surface area contributed by atoms with E-state index in [2.05, 4.69) is 15.5 Å². The second kappa shape index (κ2) is 7.10. The highest BCUT2D eigenvalue weighted by Crippen LogP contribution is 2.21. The van der Waals surface area contributed by atoms with Crippen LogP contribution in [0.25, 0.3) is 11.4 Å². The van der Waals surface area contributed by atoms with E-state index in [1.54, 1.807) is 12.1 Å². The first kappa shape index (κ1) is 16.0. The molecule has 0 spiro atoms. The monoisotopic (exact) mass is 335 g/mol. The van der Waals surface area contributed by atoms with Crippen LogP contribution in [0.4, 0.5) is 0 Å². The number of nitrogens with zero attached hydrogens (tertiary/aromatic N) is 2. The average molecular weight is 336 g/mol. The van der Waals surface area contributed by atoms with E-state index in [0.717, 1.165) is 25.0 Å². The fourth-order valence-corrected chi connectivity index (χ4v) is 2.59. The number of rotatable bonds is 4. The number of aromatic nitrogens is 2. The fourth-order valence-electron chi connectivity index (χ4n) is 2.47. The number of hydrogen-bond donors (Lipinski definition) is 1. The summed E-state index contributed by atoms with van der Waals surface area (Å²) in [5.41, 5.74) is 0.809. The average Bonchev–Trinajstić information content (AvgIpc) is 3.06. The lowest BCUT2D eigenvalue weighted by Crippen LogP contribution is -2.37. The maximum absolute atomic E-state index is 12.2. The molecule has 3 rings (SSSR count). The molecular formula is C16H18ClN3O3. The zero-order chi connectivity index (χ0) is 16.2. The molecule has 1 aromatic heterocycles. The Morgan fingerprint density at radius 2 is 2.17 bits per heavy atom. The molecule has 1 aliphatic heterocycles. The molecule has 7 heteroatoms. The third kappa shape index (κ3) is 3.89. The van der Waals surface area contributed by atoms with Crippen molar-refractivity contribution in [3.05, 3.63) is 35.2 Å². The molecule has 2 heterocycles. The van der Waals surface area contributed by atoms with Crippen molar-refractivity contribution < 1.29 is 14.1 Å². The summed E-state index contributed by atoms with van der Waals surface area (Å²) >= 11 is 5.86. The standard InChI is InChI=1S/C16H18ClN3O3/c1-10(18-15(21)12-3-2-8-22-9-12)16-19-14(20-23-16)11-4-6-13(17)7-5-11/h4-7,10,12H,2-3,8-9H2,1H3,(H,18,21)/t10-,12-/m0/s1. The second-order valence-corrected chi connectivity index (χ2v) is 6.04. The number of carbonyl (C=O) groups is 1. The van der Waals surface area contributed by atoms with Crippen LogP contribution >= 0.6 is 11.6 Å². The van der Waals surface area contributed by atoms with Crippen molar-refractivity contribution in [1.82, 2.24) is 15.5 Å². The van der Waals surface area contributed by atoms with Gasteiger partial charge in [-0.25, -0.2) is 0 Å². The van der Waals surface area contributed by atoms with Crippen LogP contribution in [0.1, 0.15) is 31.7 Å². The number of amides is 1. The summed E-state index contributed by atoms with van der Waals surface area (Å²) in [5, 5.41) is 7.50. The van der Waals surface area contributed by atoms with E-state index < -0.39 is 0 Å². The number of carbonyl (C=O) groups excluding carboxylic acids is 1. The van der Waals surface area contributed by atoms with Gasteiger partial charge in [0.05, 0.1) is 12.5 Å². The summed E-state index contributed by atoms with van der Waals surface area (Å²) in [4.78, 5) is 16.5. The highest BCUT2D eigenvalue weighted by Gasteiger charge is 2.25. The van der Waals surface area contributed by atoms with Crippen LogP contribution in [-0.4, -0.2) is 29.3 Å². The zero-order valence-electron chi connectivity index (χ0n) is 12.8. The Morgan fingerprint density at radius 3 is 2.87 bits per heavy atom. The lowest BCUT2D eigenvalue weighted by molar-refractivity contribution is -0.129. The predicted molar refractivity (Wildman–Crippen MR) is 84.8 cm³/mol. The van der Waals surface area contributed by atoms with Gasteiger partial charge in [-0.2, -0.15) is 4.98 Å². The Kier molecular flexibility index (Phi) is 4.93. The van der Waals surface area contributed by atoms with Crippen molar-refractivity contribution in [2.75, 3.05) is 13.2 Å². The molecule has 122 valence electrons. The lowest BCUT2D eigenvalue weighted by atomic mass is 10.0. The molecule has 1 aliphatic rings. The smallest absolute Gasteiger partial charge is 0.249 e. The third-order valence-electron chi connectivity index (χ3n) is 3.80. The molecule has 1 N–H and O–H groups in total. The number of nitrogens with one attached hydrogen (secondary N) is 1. The Hall–Kier alpha value is -1.92. The van der Waals surface area contributed by atoms with Crippen LogP contribution in [0.5, 0.6) is 0 Å². The first-order valence-corrected chi connectivity index (χ1v) is 7.99. The van der Waals surface area contributed by atoms with E-state index in [1.165, 1.54) is 0 Å². The molecule has 2 aromatic rings. The molecule has 1 saturated heterocycles. The maximum atomic E-state index is 12.2. The van der Waals surface area contributed by atoms with E-state index >= 15 is 0 Å². The molecule has 0 unspecified atom stereocenters. The van der Waals surface area contributed by atoms with Gasteiger partial charge in [0.15, 0.2) is 0 Å². The quantitative estimate of drug-likeness (QED) is 0.929. The largest absolute Gasteiger partial charge is 0.381 e. The van der Waals surface area contributed by atoms with Crippen LogP contribution < -0.4 is 5.32 Å². The van der Waals surface area contributed by atoms with Crippen LogP contribution in [0.3, 0.4) is 0 Å². The van der Waals surface area contributed by atoms with Gasteiger partial charge in [-0.05, 0) is 44.0 Å². The van der Waals surface area contributed by atoms with Gasteiger partial charge in [-0.3, -0.25) is 4.79 Å². The van der Waals surface area contributed by atoms with Crippen molar-refractivity contribution in [2.24, 2.45) is 5.92 Å². The van der Waals surface area contributed by atoms with Crippen LogP contribution in [0, 0.1) is 5.92 Å². The maximum Gasteiger partial charge on any atom is 0.249 e. The lowest BCUT2D eigenvalue weighted by Gasteiger charge is -2.22. The van der Waals surface area contributed by atoms with Gasteiger partial charge >= 0.3 is 0 Å². The van der Waals surface area contributed by atoms with Crippen LogP contribution in [0.15, 0.2) is 28.8 Å². The fraction of sp³-hybridized carbons (Fsp3) is 0.438. The van der Waals surface area contributed by atoms with Crippen molar-refractivity contribution in [1.29, 1.82) is 0 Å². The van der Waals surface area contributed by atoms with E-state index in [-0.39, 0.29) is 17.9 Å². The van der Waals surface area contributed by atoms with Crippen molar-refractivity contribution in [2.45, 2.75) is 25.8 Å². The van der Waals surface area contributed by atoms with Gasteiger partial charge in [0.1, 0.15) is 6.04 Å². The number of benzene rings is 1. The summed E-state index contributed by atoms with van der Waals surface area (Å²) in [6.45, 7) is 3.02. The minimum atomic E-state index is -0.349. The summed E-state index contributed by atoms with van der Waals surface area (Å²) in [7, 11) is 0. The van der Waals surface area contributed by atoms with Gasteiger partial charge in [-0.15, -0.1) is 0 Å². The van der Waals surface area contributed by atoms with Gasteiger partial charge in [0.2, 0.25) is 17.6 Å². The molecule has 2 atom stereocenters. The summed E-state index contributed by atoms with van der Waals surface area (Å²) in [5.74, 6) is 0.701. The molecule has 1 aromatic carbocycles. The highest BCUT2D eigenvalue weighted by atomic mass is 35.5. The molecule has 6 nitrogen and oxygen atoms in total. The first-order chi connectivity index (χ1) is 11.1. The number of ether oxygens (including phenoxy) is 1. The SMILES string of the molecule is C[C@H](NC(=O)[C@H]1CCCOC1)c1nc(-c2ccc(Cl)cc2)no1. The van der Waals surface area contributed by atoms with Gasteiger partial charge in [-0.1, -0.05) is 16.8 Å². The van der Waals surface area contributed by atoms with Crippen molar-refractivity contribution in [3.8, 4) is 11.4 Å². The van der Waals surface area contributed by atoms with E-state index in [1.807, 2.05) is 19.1 Å². The van der Waals surface area contributed by atoms with Gasteiger partial charge in [0.25, 0.3) is 0 Å². The molecular weight excluding hydrogens is 318 g/mol. The molecule has 0 radical (unpaired) electrons. The van der Waals surface area contributed by atoms with Crippen molar-refractivity contribution >= 4 is 17.5 Å². The van der Waals surface area contributed by atoms with E-state index in [4.69, 9.17) is 20.9 Å². The van der Waals surface area contributed by atoms with Gasteiger partial charge < -0.3 is 14.6 Å². The zero-order valence-corrected chi connectivity index (χ0v) is 13.5. The third-order valence-corrected chi connectivity index (χ3v) is 4.06. The minimum absolute atomic E-state index is 0.0385. The Labute approximate surface area is 139 Å². The Morgan fingerprint density at radius 1 is 1.39 bits per heavy atom. The van der Waals surface area contributed by atoms with Crippen LogP contribution in [-0.2, 0) is 9.53 Å². The molecule has 23 heavy (non-hydrogen) atoms. The van der Waals surface area contributed by atoms with Crippen LogP contribution in [0.2, 0.25) is 5.02 Å². The Balaban J connectivity index is 1.64. The number of halogens is 1. The van der Waals surface area contributed by atoms with E-state index in [9.17, 15) is 4.79 Å². The number of hydrogen-bond acceptors (Lipinski definition) is 5. The summed E-state index contributed by atoms with van der Waals surface area (Å²) in [6, 6.07) is 6.82. The molecule has 0 saturated carbocycles. The second-order valence-electron chi connectivity index (χ2n) is 5.61. The topological polar surface area (TPSA) is 77.2 Å². The van der Waals surface area contributed by atoms with E-state index in [0.29, 0.717) is 23.3 Å². The molecule has 0 bridgehead atoms. The Bertz CT molecular complexity index is 665.